The van der Waals surface area contributed by atoms with Gasteiger partial charge in [0.25, 0.3) is 11.4 Å². The molecule has 6 heteroatoms. The van der Waals surface area contributed by atoms with Gasteiger partial charge in [0, 0.05) is 6.07 Å². The zero-order valence-electron chi connectivity index (χ0n) is 10.1. The maximum Gasteiger partial charge on any atom is 0.274 e. The van der Waals surface area contributed by atoms with E-state index in [9.17, 15) is 15.0 Å². The van der Waals surface area contributed by atoms with Crippen LogP contribution in [0.4, 0.5) is 5.69 Å². The van der Waals surface area contributed by atoms with Crippen molar-refractivity contribution in [1.29, 1.82) is 0 Å². The molecule has 3 rings (SSSR count). The van der Waals surface area contributed by atoms with E-state index in [0.717, 1.165) is 21.9 Å². The molecule has 1 aliphatic heterocycles. The Bertz CT molecular complexity index is 684. The number of nitrogens with zero attached hydrogens (tertiary/aromatic N) is 2. The normalized spacial score (nSPS) is 13.6. The molecule has 98 valence electrons. The molecule has 6 nitrogen and oxygen atoms in total. The van der Waals surface area contributed by atoms with E-state index >= 15 is 0 Å². The molecule has 0 spiro atoms. The van der Waals surface area contributed by atoms with Gasteiger partial charge in [0.05, 0.1) is 18.8 Å². The second-order valence-electron chi connectivity index (χ2n) is 4.51. The van der Waals surface area contributed by atoms with Crippen LogP contribution in [0.15, 0.2) is 35.1 Å². The van der Waals surface area contributed by atoms with Crippen molar-refractivity contribution in [1.82, 2.24) is 4.68 Å². The summed E-state index contributed by atoms with van der Waals surface area (Å²) in [5, 5.41) is 21.2. The summed E-state index contributed by atoms with van der Waals surface area (Å²) in [6, 6.07) is 8.87. The summed E-state index contributed by atoms with van der Waals surface area (Å²) < 4.78 is 1.05. The summed E-state index contributed by atoms with van der Waals surface area (Å²) in [5.41, 5.74) is 7.01. The maximum absolute atomic E-state index is 11.9. The minimum atomic E-state index is -0.530. The number of nitrogen functional groups attached to an aromatic ring is 1. The van der Waals surface area contributed by atoms with E-state index in [1.807, 2.05) is 24.3 Å². The van der Waals surface area contributed by atoms with Crippen LogP contribution in [0.25, 0.3) is 0 Å². The van der Waals surface area contributed by atoms with Crippen molar-refractivity contribution in [3.63, 3.8) is 0 Å². The number of aromatic hydroxyl groups is 2. The van der Waals surface area contributed by atoms with E-state index in [1.54, 1.807) is 5.01 Å². The SMILES string of the molecule is Nc1cc(=O)n(N2Cc3ccccc3C2)c(O)c1O. The van der Waals surface area contributed by atoms with Crippen LogP contribution in [0.5, 0.6) is 11.6 Å². The average Bonchev–Trinajstić information content (AvgIpc) is 2.79. The molecule has 1 aromatic heterocycles. The van der Waals surface area contributed by atoms with Crippen LogP contribution in [-0.4, -0.2) is 14.9 Å². The van der Waals surface area contributed by atoms with E-state index in [2.05, 4.69) is 0 Å². The fourth-order valence-electron chi connectivity index (χ4n) is 2.33. The Morgan fingerprint density at radius 2 is 1.68 bits per heavy atom. The number of hydrogen-bond acceptors (Lipinski definition) is 5. The van der Waals surface area contributed by atoms with E-state index in [0.29, 0.717) is 13.1 Å². The highest BCUT2D eigenvalue weighted by molar-refractivity contribution is 5.56. The van der Waals surface area contributed by atoms with Crippen LogP contribution in [0.2, 0.25) is 0 Å². The van der Waals surface area contributed by atoms with Crippen molar-refractivity contribution < 1.29 is 10.2 Å². The van der Waals surface area contributed by atoms with Crippen LogP contribution >= 0.6 is 0 Å². The fourth-order valence-corrected chi connectivity index (χ4v) is 2.33. The van der Waals surface area contributed by atoms with Gasteiger partial charge in [0.15, 0.2) is 0 Å². The molecule has 0 fully saturated rings. The third-order valence-corrected chi connectivity index (χ3v) is 3.28. The molecule has 0 saturated carbocycles. The Morgan fingerprint density at radius 3 is 2.26 bits per heavy atom. The highest BCUT2D eigenvalue weighted by atomic mass is 16.3. The third kappa shape index (κ3) is 1.69. The molecule has 4 N–H and O–H groups in total. The topological polar surface area (TPSA) is 91.7 Å². The Hall–Kier alpha value is -2.63. The molecule has 0 amide bonds. The quantitative estimate of drug-likeness (QED) is 0.693. The number of nitrogens with two attached hydrogens (primary N) is 1. The molecular weight excluding hydrogens is 246 g/mol. The number of pyridine rings is 1. The second kappa shape index (κ2) is 3.94. The number of rotatable bonds is 1. The first-order chi connectivity index (χ1) is 9.08. The van der Waals surface area contributed by atoms with E-state index in [-0.39, 0.29) is 5.69 Å². The van der Waals surface area contributed by atoms with Crippen LogP contribution in [0.3, 0.4) is 0 Å². The summed E-state index contributed by atoms with van der Waals surface area (Å²) in [6.45, 7) is 0.986. The minimum absolute atomic E-state index is 0.129. The highest BCUT2D eigenvalue weighted by Gasteiger charge is 2.23. The molecule has 1 aromatic carbocycles. The van der Waals surface area contributed by atoms with Gasteiger partial charge in [0.2, 0.25) is 5.75 Å². The zero-order valence-corrected chi connectivity index (χ0v) is 10.1. The second-order valence-corrected chi connectivity index (χ2v) is 4.51. The Kier molecular flexibility index (Phi) is 2.38. The lowest BCUT2D eigenvalue weighted by atomic mass is 10.1. The van der Waals surface area contributed by atoms with Crippen molar-refractivity contribution >= 4 is 5.69 Å². The van der Waals surface area contributed by atoms with E-state index in [4.69, 9.17) is 5.73 Å². The molecule has 0 atom stereocenters. The average molecular weight is 259 g/mol. The van der Waals surface area contributed by atoms with Gasteiger partial charge in [-0.2, -0.15) is 4.68 Å². The van der Waals surface area contributed by atoms with Crippen LogP contribution < -0.4 is 16.3 Å². The van der Waals surface area contributed by atoms with Crippen molar-refractivity contribution in [2.24, 2.45) is 0 Å². The van der Waals surface area contributed by atoms with E-state index in [1.165, 1.54) is 0 Å². The maximum atomic E-state index is 11.9. The van der Waals surface area contributed by atoms with Gasteiger partial charge in [-0.15, -0.1) is 0 Å². The largest absolute Gasteiger partial charge is 0.502 e. The standard InChI is InChI=1S/C13H13N3O3/c14-10-5-11(17)16(13(19)12(10)18)15-6-8-3-1-2-4-9(8)7-15/h1-5,18-19H,6-7,14H2. The minimum Gasteiger partial charge on any atom is -0.502 e. The van der Waals surface area contributed by atoms with Crippen molar-refractivity contribution in [3.05, 3.63) is 51.8 Å². The summed E-state index contributed by atoms with van der Waals surface area (Å²) in [6.07, 6.45) is 0. The number of benzene rings is 1. The number of fused-ring (bicyclic) bond motifs is 1. The highest BCUT2D eigenvalue weighted by Crippen LogP contribution is 2.30. The monoisotopic (exact) mass is 259 g/mol. The molecule has 2 heterocycles. The molecule has 0 saturated heterocycles. The van der Waals surface area contributed by atoms with Crippen LogP contribution in [-0.2, 0) is 13.1 Å². The van der Waals surface area contributed by atoms with Crippen molar-refractivity contribution in [3.8, 4) is 11.6 Å². The molecule has 0 bridgehead atoms. The summed E-state index contributed by atoms with van der Waals surface area (Å²) >= 11 is 0. The number of anilines is 1. The van der Waals surface area contributed by atoms with Crippen LogP contribution in [0, 0.1) is 0 Å². The Morgan fingerprint density at radius 1 is 1.11 bits per heavy atom. The zero-order chi connectivity index (χ0) is 13.6. The molecule has 0 aliphatic carbocycles. The Labute approximate surface area is 108 Å². The van der Waals surface area contributed by atoms with Gasteiger partial charge in [-0.25, -0.2) is 0 Å². The van der Waals surface area contributed by atoms with Gasteiger partial charge >= 0.3 is 0 Å². The van der Waals surface area contributed by atoms with Crippen molar-refractivity contribution in [2.75, 3.05) is 10.7 Å². The molecule has 2 aromatic rings. The summed E-state index contributed by atoms with van der Waals surface area (Å²) in [7, 11) is 0. The van der Waals surface area contributed by atoms with Gasteiger partial charge in [-0.1, -0.05) is 24.3 Å². The predicted molar refractivity (Wildman–Crippen MR) is 70.5 cm³/mol. The number of aromatic nitrogens is 1. The third-order valence-electron chi connectivity index (χ3n) is 3.28. The van der Waals surface area contributed by atoms with Gasteiger partial charge < -0.3 is 15.9 Å². The molecule has 0 radical (unpaired) electrons. The molecule has 19 heavy (non-hydrogen) atoms. The molecule has 0 unspecified atom stereocenters. The fraction of sp³-hybridized carbons (Fsp3) is 0.154. The van der Waals surface area contributed by atoms with Gasteiger partial charge in [-0.05, 0) is 11.1 Å². The molecular formula is C13H13N3O3. The first kappa shape index (κ1) is 11.5. The predicted octanol–water partition coefficient (Wildman–Crippen LogP) is 0.493. The smallest absolute Gasteiger partial charge is 0.274 e. The number of hydrogen-bond donors (Lipinski definition) is 3. The van der Waals surface area contributed by atoms with Crippen molar-refractivity contribution in [2.45, 2.75) is 13.1 Å². The lowest BCUT2D eigenvalue weighted by Gasteiger charge is -2.22. The molecule has 1 aliphatic rings. The van der Waals surface area contributed by atoms with Gasteiger partial charge in [-0.3, -0.25) is 9.80 Å². The first-order valence-electron chi connectivity index (χ1n) is 5.83. The lowest BCUT2D eigenvalue weighted by molar-refractivity contribution is 0.352. The summed E-state index contributed by atoms with van der Waals surface area (Å²) in [4.78, 5) is 11.9. The van der Waals surface area contributed by atoms with Gasteiger partial charge in [0.1, 0.15) is 0 Å². The van der Waals surface area contributed by atoms with Crippen LogP contribution in [0.1, 0.15) is 11.1 Å². The Balaban J connectivity index is 2.07. The summed E-state index contributed by atoms with van der Waals surface area (Å²) in [5.74, 6) is -1.01. The lowest BCUT2D eigenvalue weighted by Crippen LogP contribution is -2.37. The first-order valence-corrected chi connectivity index (χ1v) is 5.83. The van der Waals surface area contributed by atoms with E-state index < -0.39 is 17.2 Å².